The Morgan fingerprint density at radius 1 is 1.04 bits per heavy atom. The Hall–Kier alpha value is -2.74. The Balaban J connectivity index is 0.000000791. The molecule has 5 heteroatoms. The molecule has 1 aromatic heterocycles. The molecule has 0 spiro atoms. The van der Waals surface area contributed by atoms with Crippen molar-refractivity contribution in [2.45, 2.75) is 47.1 Å². The lowest BCUT2D eigenvalue weighted by Crippen LogP contribution is -2.41. The van der Waals surface area contributed by atoms with Gasteiger partial charge < -0.3 is 9.58 Å². The van der Waals surface area contributed by atoms with Crippen LogP contribution in [0, 0.1) is 6.57 Å². The molecule has 0 saturated carbocycles. The van der Waals surface area contributed by atoms with Crippen LogP contribution in [0.5, 0.6) is 0 Å². The minimum Gasteiger partial charge on any atom is -0.438 e. The van der Waals surface area contributed by atoms with Gasteiger partial charge in [0.05, 0.1) is 12.7 Å². The molecule has 140 valence electrons. The van der Waals surface area contributed by atoms with Gasteiger partial charge in [0, 0.05) is 18.2 Å². The van der Waals surface area contributed by atoms with Gasteiger partial charge in [-0.2, -0.15) is 0 Å². The summed E-state index contributed by atoms with van der Waals surface area (Å²) in [6.07, 6.45) is -0.348. The predicted octanol–water partition coefficient (Wildman–Crippen LogP) is 6.12. The Labute approximate surface area is 157 Å². The third-order valence-electron chi connectivity index (χ3n) is 4.13. The summed E-state index contributed by atoms with van der Waals surface area (Å²) in [6.45, 7) is 18.9. The Kier molecular flexibility index (Phi) is 7.02. The van der Waals surface area contributed by atoms with Gasteiger partial charge in [-0.1, -0.05) is 34.3 Å². The molecule has 5 nitrogen and oxygen atoms in total. The van der Waals surface area contributed by atoms with Crippen LogP contribution in [-0.4, -0.2) is 17.7 Å². The summed E-state index contributed by atoms with van der Waals surface area (Å²) in [5.41, 5.74) is 3.09. The first-order chi connectivity index (χ1) is 12.3. The standard InChI is InChI=1S/C17H17N3O2.2C2H6/c1-17(2)12-10-11(13-8-9-15(18-3)19(13)4)6-7-14(12)20(5)16(21)22-17;2*1-2/h6-10H,1-2,4-5H3;2*1-2H3. The van der Waals surface area contributed by atoms with E-state index in [0.29, 0.717) is 5.82 Å². The number of carbonyl (C=O) groups excluding carboxylic acids is 1. The third-order valence-corrected chi connectivity index (χ3v) is 4.13. The fourth-order valence-corrected chi connectivity index (χ4v) is 2.81. The van der Waals surface area contributed by atoms with Crippen molar-refractivity contribution in [3.63, 3.8) is 0 Å². The molecule has 26 heavy (non-hydrogen) atoms. The predicted molar refractivity (Wildman–Crippen MR) is 108 cm³/mol. The second-order valence-electron chi connectivity index (χ2n) is 5.92. The van der Waals surface area contributed by atoms with Gasteiger partial charge in [-0.25, -0.2) is 4.79 Å². The van der Waals surface area contributed by atoms with Crippen LogP contribution in [0.25, 0.3) is 16.1 Å². The summed E-state index contributed by atoms with van der Waals surface area (Å²) in [6, 6.07) is 9.66. The first-order valence-electron chi connectivity index (χ1n) is 9.00. The lowest BCUT2D eigenvalue weighted by molar-refractivity contribution is 0.0362. The molecule has 0 fully saturated rings. The summed E-state index contributed by atoms with van der Waals surface area (Å²) in [5, 5.41) is 0. The molecule has 0 bridgehead atoms. The second kappa shape index (κ2) is 8.57. The molecule has 0 radical (unpaired) electrons. The SMILES string of the molecule is CC.CC.[C-]#[N+]c1ccc(-c2ccc3c(c2)C(C)(C)OC(=O)N3C)n1C. The fourth-order valence-electron chi connectivity index (χ4n) is 2.81. The zero-order valence-electron chi connectivity index (χ0n) is 17.0. The molecule has 2 aromatic rings. The van der Waals surface area contributed by atoms with E-state index in [9.17, 15) is 4.79 Å². The molecule has 0 saturated heterocycles. The van der Waals surface area contributed by atoms with Crippen LogP contribution in [-0.2, 0) is 17.4 Å². The molecule has 0 aliphatic carbocycles. The van der Waals surface area contributed by atoms with E-state index in [1.165, 1.54) is 4.90 Å². The zero-order valence-corrected chi connectivity index (χ0v) is 17.0. The van der Waals surface area contributed by atoms with Crippen LogP contribution in [0.1, 0.15) is 47.1 Å². The van der Waals surface area contributed by atoms with Crippen LogP contribution in [0.3, 0.4) is 0 Å². The van der Waals surface area contributed by atoms with Crippen LogP contribution in [0.15, 0.2) is 30.3 Å². The van der Waals surface area contributed by atoms with Crippen molar-refractivity contribution in [2.75, 3.05) is 11.9 Å². The van der Waals surface area contributed by atoms with Crippen molar-refractivity contribution in [1.29, 1.82) is 0 Å². The lowest BCUT2D eigenvalue weighted by Gasteiger charge is -2.37. The number of ether oxygens (including phenoxy) is 1. The maximum absolute atomic E-state index is 11.9. The minimum atomic E-state index is -0.678. The number of cyclic esters (lactones) is 1. The smallest absolute Gasteiger partial charge is 0.414 e. The Morgan fingerprint density at radius 3 is 2.19 bits per heavy atom. The Bertz CT molecular complexity index is 813. The molecule has 1 aromatic carbocycles. The lowest BCUT2D eigenvalue weighted by atomic mass is 9.92. The molecular weight excluding hydrogens is 326 g/mol. The van der Waals surface area contributed by atoms with E-state index < -0.39 is 5.60 Å². The van der Waals surface area contributed by atoms with Crippen molar-refractivity contribution >= 4 is 17.6 Å². The molecule has 0 atom stereocenters. The number of benzene rings is 1. The summed E-state index contributed by atoms with van der Waals surface area (Å²) < 4.78 is 7.35. The van der Waals surface area contributed by atoms with Gasteiger partial charge in [-0.3, -0.25) is 9.47 Å². The van der Waals surface area contributed by atoms with Crippen LogP contribution >= 0.6 is 0 Å². The highest BCUT2D eigenvalue weighted by Gasteiger charge is 2.37. The van der Waals surface area contributed by atoms with E-state index in [4.69, 9.17) is 11.3 Å². The maximum Gasteiger partial charge on any atom is 0.414 e. The molecule has 2 heterocycles. The number of nitrogens with zero attached hydrogens (tertiary/aromatic N) is 3. The van der Waals surface area contributed by atoms with Crippen molar-refractivity contribution in [2.24, 2.45) is 7.05 Å². The van der Waals surface area contributed by atoms with Gasteiger partial charge in [0.1, 0.15) is 11.3 Å². The van der Waals surface area contributed by atoms with E-state index in [1.54, 1.807) is 13.1 Å². The maximum atomic E-state index is 11.9. The number of hydrogen-bond donors (Lipinski definition) is 0. The van der Waals surface area contributed by atoms with Crippen molar-refractivity contribution in [3.8, 4) is 11.3 Å². The average molecular weight is 355 g/mol. The van der Waals surface area contributed by atoms with Gasteiger partial charge in [0.25, 0.3) is 0 Å². The molecule has 1 aliphatic heterocycles. The fraction of sp³-hybridized carbons (Fsp3) is 0.429. The summed E-state index contributed by atoms with van der Waals surface area (Å²) in [7, 11) is 3.58. The van der Waals surface area contributed by atoms with E-state index >= 15 is 0 Å². The molecule has 1 aliphatic rings. The minimum absolute atomic E-state index is 0.348. The number of aromatic nitrogens is 1. The number of rotatable bonds is 1. The largest absolute Gasteiger partial charge is 0.438 e. The van der Waals surface area contributed by atoms with Gasteiger partial charge in [-0.05, 0) is 44.2 Å². The van der Waals surface area contributed by atoms with Gasteiger partial charge in [0.2, 0.25) is 5.82 Å². The highest BCUT2D eigenvalue weighted by Crippen LogP contribution is 2.40. The highest BCUT2D eigenvalue weighted by molar-refractivity contribution is 5.91. The van der Waals surface area contributed by atoms with E-state index in [0.717, 1.165) is 22.5 Å². The first kappa shape index (κ1) is 21.3. The number of hydrogen-bond acceptors (Lipinski definition) is 2. The van der Waals surface area contributed by atoms with Gasteiger partial charge in [-0.15, -0.1) is 0 Å². The Morgan fingerprint density at radius 2 is 1.65 bits per heavy atom. The summed E-state index contributed by atoms with van der Waals surface area (Å²) in [5.74, 6) is 0.593. The molecular formula is C21H29N3O2. The van der Waals surface area contributed by atoms with E-state index in [-0.39, 0.29) is 6.09 Å². The molecule has 0 unspecified atom stereocenters. The van der Waals surface area contributed by atoms with Crippen molar-refractivity contribution in [1.82, 2.24) is 4.57 Å². The normalized spacial score (nSPS) is 14.0. The number of amides is 1. The van der Waals surface area contributed by atoms with Gasteiger partial charge in [0.15, 0.2) is 0 Å². The highest BCUT2D eigenvalue weighted by atomic mass is 16.6. The van der Waals surface area contributed by atoms with Crippen LogP contribution in [0.4, 0.5) is 16.3 Å². The van der Waals surface area contributed by atoms with Crippen molar-refractivity contribution in [3.05, 3.63) is 47.3 Å². The summed E-state index contributed by atoms with van der Waals surface area (Å²) in [4.78, 5) is 16.9. The zero-order chi connectivity index (χ0) is 20.1. The molecule has 3 rings (SSSR count). The van der Waals surface area contributed by atoms with E-state index in [2.05, 4.69) is 4.85 Å². The van der Waals surface area contributed by atoms with Gasteiger partial charge >= 0.3 is 6.09 Å². The monoisotopic (exact) mass is 355 g/mol. The van der Waals surface area contributed by atoms with Crippen molar-refractivity contribution < 1.29 is 9.53 Å². The van der Waals surface area contributed by atoms with E-state index in [1.807, 2.05) is 77.4 Å². The average Bonchev–Trinajstić information content (AvgIpc) is 3.03. The molecule has 0 N–H and O–H groups in total. The third kappa shape index (κ3) is 3.75. The number of anilines is 1. The number of carbonyl (C=O) groups is 1. The number of fused-ring (bicyclic) bond motifs is 1. The summed E-state index contributed by atoms with van der Waals surface area (Å²) >= 11 is 0. The topological polar surface area (TPSA) is 38.8 Å². The van der Waals surface area contributed by atoms with Crippen LogP contribution in [0.2, 0.25) is 0 Å². The molecule has 1 amide bonds. The van der Waals surface area contributed by atoms with Crippen LogP contribution < -0.4 is 4.90 Å². The quantitative estimate of drug-likeness (QED) is 0.578. The first-order valence-corrected chi connectivity index (χ1v) is 9.00. The second-order valence-corrected chi connectivity index (χ2v) is 5.92.